The van der Waals surface area contributed by atoms with E-state index >= 15 is 0 Å². The van der Waals surface area contributed by atoms with Crippen LogP contribution in [0.4, 0.5) is 17.3 Å². The minimum Gasteiger partial charge on any atom is -0.495 e. The highest BCUT2D eigenvalue weighted by molar-refractivity contribution is 5.82. The first-order chi connectivity index (χ1) is 14.5. The van der Waals surface area contributed by atoms with E-state index in [2.05, 4.69) is 38.1 Å². The molecule has 1 fully saturated rings. The van der Waals surface area contributed by atoms with E-state index in [1.165, 1.54) is 10.6 Å². The van der Waals surface area contributed by atoms with Crippen LogP contribution < -0.4 is 20.5 Å². The number of aryl methyl sites for hydroxylation is 1. The van der Waals surface area contributed by atoms with Gasteiger partial charge in [0.25, 0.3) is 5.56 Å². The molecule has 3 heterocycles. The van der Waals surface area contributed by atoms with Crippen LogP contribution in [0.15, 0.2) is 35.3 Å². The first-order valence-electron chi connectivity index (χ1n) is 9.72. The fraction of sp³-hybridized carbons (Fsp3) is 0.318. The molecule has 0 amide bonds. The van der Waals surface area contributed by atoms with Crippen LogP contribution >= 0.6 is 0 Å². The van der Waals surface area contributed by atoms with Gasteiger partial charge < -0.3 is 19.9 Å². The smallest absolute Gasteiger partial charge is 0.253 e. The van der Waals surface area contributed by atoms with Crippen LogP contribution in [0.2, 0.25) is 0 Å². The maximum atomic E-state index is 12.1. The fourth-order valence-corrected chi connectivity index (χ4v) is 3.59. The van der Waals surface area contributed by atoms with Crippen LogP contribution in [0.5, 0.6) is 5.75 Å². The van der Waals surface area contributed by atoms with Crippen molar-refractivity contribution in [1.82, 2.24) is 19.4 Å². The molecule has 1 N–H and O–H groups in total. The number of benzene rings is 1. The topological polar surface area (TPSA) is 75.5 Å². The van der Waals surface area contributed by atoms with E-state index < -0.39 is 0 Å². The molecule has 154 valence electrons. The van der Waals surface area contributed by atoms with Gasteiger partial charge in [-0.15, -0.1) is 6.42 Å². The lowest BCUT2D eigenvalue weighted by Gasteiger charge is -2.34. The number of anilines is 3. The lowest BCUT2D eigenvalue weighted by atomic mass is 10.2. The Labute approximate surface area is 175 Å². The zero-order valence-electron chi connectivity index (χ0n) is 17.3. The van der Waals surface area contributed by atoms with Crippen molar-refractivity contribution in [3.8, 4) is 18.1 Å². The first kappa shape index (κ1) is 19.7. The van der Waals surface area contributed by atoms with Gasteiger partial charge in [0, 0.05) is 62.8 Å². The minimum atomic E-state index is -0.210. The highest BCUT2D eigenvalue weighted by atomic mass is 16.5. The summed E-state index contributed by atoms with van der Waals surface area (Å²) in [5.74, 6) is 3.69. The second kappa shape index (κ2) is 8.05. The second-order valence-electron chi connectivity index (χ2n) is 7.33. The molecule has 0 bridgehead atoms. The lowest BCUT2D eigenvalue weighted by molar-refractivity contribution is 0.311. The van der Waals surface area contributed by atoms with Gasteiger partial charge in [-0.05, 0) is 19.2 Å². The molecule has 1 saturated heterocycles. The molecule has 8 heteroatoms. The molecule has 0 aliphatic carbocycles. The number of aromatic nitrogens is 3. The molecule has 1 aliphatic rings. The molecule has 3 aromatic rings. The van der Waals surface area contributed by atoms with Gasteiger partial charge in [0.1, 0.15) is 11.4 Å². The number of likely N-dealkylation sites (N-methyl/N-ethyl adjacent to an activating group) is 1. The number of terminal acetylenes is 1. The third-order valence-corrected chi connectivity index (χ3v) is 5.41. The predicted molar refractivity (Wildman–Crippen MR) is 119 cm³/mol. The van der Waals surface area contributed by atoms with Crippen molar-refractivity contribution < 1.29 is 4.74 Å². The molecule has 0 unspecified atom stereocenters. The quantitative estimate of drug-likeness (QED) is 0.665. The summed E-state index contributed by atoms with van der Waals surface area (Å²) < 4.78 is 7.09. The Hall–Kier alpha value is -3.57. The number of piperazine rings is 1. The molecule has 1 aliphatic heterocycles. The molecule has 8 nitrogen and oxygen atoms in total. The SMILES string of the molecule is C#Cc1cc(=O)n(C)c2nc(Nc3ccc(N4CCN(C)CC4)c(OC)c3)ncc12. The van der Waals surface area contributed by atoms with E-state index in [-0.39, 0.29) is 5.56 Å². The maximum Gasteiger partial charge on any atom is 0.253 e. The lowest BCUT2D eigenvalue weighted by Crippen LogP contribution is -2.44. The monoisotopic (exact) mass is 404 g/mol. The molecule has 0 atom stereocenters. The van der Waals surface area contributed by atoms with Gasteiger partial charge >= 0.3 is 0 Å². The number of fused-ring (bicyclic) bond motifs is 1. The first-order valence-corrected chi connectivity index (χ1v) is 9.72. The van der Waals surface area contributed by atoms with E-state index in [4.69, 9.17) is 11.2 Å². The third-order valence-electron chi connectivity index (χ3n) is 5.41. The van der Waals surface area contributed by atoms with E-state index in [0.29, 0.717) is 22.5 Å². The highest BCUT2D eigenvalue weighted by Gasteiger charge is 2.18. The number of hydrogen-bond acceptors (Lipinski definition) is 7. The van der Waals surface area contributed by atoms with E-state index in [1.54, 1.807) is 20.4 Å². The van der Waals surface area contributed by atoms with Crippen molar-refractivity contribution in [1.29, 1.82) is 0 Å². The minimum absolute atomic E-state index is 0.210. The number of nitrogens with zero attached hydrogens (tertiary/aromatic N) is 5. The second-order valence-corrected chi connectivity index (χ2v) is 7.33. The van der Waals surface area contributed by atoms with Gasteiger partial charge in [-0.1, -0.05) is 5.92 Å². The van der Waals surface area contributed by atoms with Gasteiger partial charge in [0.2, 0.25) is 5.95 Å². The Kier molecular flexibility index (Phi) is 5.29. The molecule has 0 radical (unpaired) electrons. The summed E-state index contributed by atoms with van der Waals surface area (Å²) >= 11 is 0. The number of rotatable bonds is 4. The van der Waals surface area contributed by atoms with Gasteiger partial charge in [-0.2, -0.15) is 4.98 Å². The predicted octanol–water partition coefficient (Wildman–Crippen LogP) is 1.81. The maximum absolute atomic E-state index is 12.1. The summed E-state index contributed by atoms with van der Waals surface area (Å²) in [6.07, 6.45) is 7.16. The van der Waals surface area contributed by atoms with Crippen molar-refractivity contribution in [3.63, 3.8) is 0 Å². The molecule has 2 aromatic heterocycles. The van der Waals surface area contributed by atoms with Crippen LogP contribution in [-0.2, 0) is 7.05 Å². The summed E-state index contributed by atoms with van der Waals surface area (Å²) in [7, 11) is 5.46. The Morgan fingerprint density at radius 2 is 1.93 bits per heavy atom. The molecule has 30 heavy (non-hydrogen) atoms. The van der Waals surface area contributed by atoms with Crippen molar-refractivity contribution in [3.05, 3.63) is 46.4 Å². The summed E-state index contributed by atoms with van der Waals surface area (Å²) in [5, 5.41) is 3.86. The van der Waals surface area contributed by atoms with Crippen molar-refractivity contribution in [2.45, 2.75) is 0 Å². The number of ether oxygens (including phenoxy) is 1. The van der Waals surface area contributed by atoms with Crippen molar-refractivity contribution >= 4 is 28.4 Å². The molecular weight excluding hydrogens is 380 g/mol. The number of methoxy groups -OCH3 is 1. The number of nitrogens with one attached hydrogen (secondary N) is 1. The average Bonchev–Trinajstić information content (AvgIpc) is 2.77. The van der Waals surface area contributed by atoms with Gasteiger partial charge in [-0.25, -0.2) is 4.98 Å². The molecule has 0 saturated carbocycles. The molecule has 4 rings (SSSR count). The van der Waals surface area contributed by atoms with Crippen LogP contribution in [0.3, 0.4) is 0 Å². The van der Waals surface area contributed by atoms with E-state index in [9.17, 15) is 4.79 Å². The number of pyridine rings is 1. The summed E-state index contributed by atoms with van der Waals surface area (Å²) in [6.45, 7) is 3.96. The van der Waals surface area contributed by atoms with Crippen LogP contribution in [0.1, 0.15) is 5.56 Å². The van der Waals surface area contributed by atoms with Crippen molar-refractivity contribution in [2.75, 3.05) is 50.6 Å². The van der Waals surface area contributed by atoms with Crippen molar-refractivity contribution in [2.24, 2.45) is 7.05 Å². The van der Waals surface area contributed by atoms with Gasteiger partial charge in [-0.3, -0.25) is 9.36 Å². The Balaban J connectivity index is 1.64. The highest BCUT2D eigenvalue weighted by Crippen LogP contribution is 2.32. The summed E-state index contributed by atoms with van der Waals surface area (Å²) in [5.41, 5.74) is 2.61. The fourth-order valence-electron chi connectivity index (χ4n) is 3.59. The van der Waals surface area contributed by atoms with Crippen LogP contribution in [-0.4, -0.2) is 59.8 Å². The Morgan fingerprint density at radius 1 is 1.17 bits per heavy atom. The van der Waals surface area contributed by atoms with E-state index in [1.807, 2.05) is 18.2 Å². The summed E-state index contributed by atoms with van der Waals surface area (Å²) in [6, 6.07) is 7.36. The van der Waals surface area contributed by atoms with Crippen LogP contribution in [0.25, 0.3) is 11.0 Å². The largest absolute Gasteiger partial charge is 0.495 e. The summed E-state index contributed by atoms with van der Waals surface area (Å²) in [4.78, 5) is 25.6. The standard InChI is InChI=1S/C22H24N6O2/c1-5-15-12-20(29)27(3)21-17(15)14-23-22(25-21)24-16-6-7-18(19(13-16)30-4)28-10-8-26(2)9-11-28/h1,6-7,12-14H,8-11H2,2-4H3,(H,23,24,25). The van der Waals surface area contributed by atoms with Gasteiger partial charge in [0.05, 0.1) is 18.2 Å². The zero-order valence-corrected chi connectivity index (χ0v) is 17.3. The van der Waals surface area contributed by atoms with Gasteiger partial charge in [0.15, 0.2) is 0 Å². The molecular formula is C22H24N6O2. The zero-order chi connectivity index (χ0) is 21.3. The average molecular weight is 404 g/mol. The van der Waals surface area contributed by atoms with E-state index in [0.717, 1.165) is 43.3 Å². The molecule has 1 aromatic carbocycles. The normalized spacial score (nSPS) is 14.5. The molecule has 0 spiro atoms. The Bertz CT molecular complexity index is 1190. The Morgan fingerprint density at radius 3 is 2.63 bits per heavy atom. The van der Waals surface area contributed by atoms with Crippen LogP contribution in [0, 0.1) is 12.3 Å². The number of hydrogen-bond donors (Lipinski definition) is 1. The third kappa shape index (κ3) is 3.67.